The van der Waals surface area contributed by atoms with Gasteiger partial charge in [-0.1, -0.05) is 41.5 Å². The van der Waals surface area contributed by atoms with Crippen molar-refractivity contribution >= 4 is 8.32 Å². The number of hydrogen-bond acceptors (Lipinski definition) is 2. The van der Waals surface area contributed by atoms with Crippen LogP contribution in [0.2, 0.25) is 18.1 Å². The second-order valence-electron chi connectivity index (χ2n) is 8.04. The van der Waals surface area contributed by atoms with Crippen molar-refractivity contribution in [1.82, 2.24) is 0 Å². The van der Waals surface area contributed by atoms with E-state index in [4.69, 9.17) is 4.43 Å². The highest BCUT2D eigenvalue weighted by atomic mass is 28.4. The predicted molar refractivity (Wildman–Crippen MR) is 82.4 cm³/mol. The Labute approximate surface area is 115 Å². The van der Waals surface area contributed by atoms with Gasteiger partial charge in [-0.15, -0.1) is 0 Å². The Balaban J connectivity index is 4.09. The van der Waals surface area contributed by atoms with E-state index in [1.54, 1.807) is 0 Å². The maximum absolute atomic E-state index is 9.25. The van der Waals surface area contributed by atoms with Gasteiger partial charge in [0.25, 0.3) is 0 Å². The summed E-state index contributed by atoms with van der Waals surface area (Å²) in [4.78, 5) is 0. The molecule has 0 bridgehead atoms. The van der Waals surface area contributed by atoms with Gasteiger partial charge in [0.15, 0.2) is 8.32 Å². The maximum Gasteiger partial charge on any atom is 0.191 e. The first-order valence-corrected chi connectivity index (χ1v) is 10.1. The number of aliphatic hydroxyl groups is 1. The van der Waals surface area contributed by atoms with E-state index in [1.807, 2.05) is 0 Å². The van der Waals surface area contributed by atoms with Gasteiger partial charge in [0.2, 0.25) is 0 Å². The Morgan fingerprint density at radius 2 is 1.61 bits per heavy atom. The molecule has 0 aliphatic carbocycles. The minimum atomic E-state index is -1.60. The summed E-state index contributed by atoms with van der Waals surface area (Å²) in [5, 5.41) is 9.54. The molecule has 110 valence electrons. The van der Waals surface area contributed by atoms with E-state index < -0.39 is 8.32 Å². The normalized spacial score (nSPS) is 15.8. The molecule has 0 heterocycles. The van der Waals surface area contributed by atoms with Crippen LogP contribution in [0.25, 0.3) is 0 Å². The molecule has 0 amide bonds. The third-order valence-corrected chi connectivity index (χ3v) is 8.78. The molecule has 1 N–H and O–H groups in total. The minimum Gasteiger partial charge on any atom is -0.417 e. The Morgan fingerprint density at radius 3 is 2.00 bits per heavy atom. The van der Waals surface area contributed by atoms with Gasteiger partial charge in [-0.25, -0.2) is 0 Å². The lowest BCUT2D eigenvalue weighted by Gasteiger charge is -2.37. The van der Waals surface area contributed by atoms with Crippen LogP contribution < -0.4 is 0 Å². The molecule has 0 radical (unpaired) electrons. The molecular formula is C15H34O2Si. The molecule has 0 fully saturated rings. The lowest BCUT2D eigenvalue weighted by Crippen LogP contribution is -2.41. The molecule has 1 unspecified atom stereocenters. The van der Waals surface area contributed by atoms with E-state index in [1.165, 1.54) is 0 Å². The highest BCUT2D eigenvalue weighted by Crippen LogP contribution is 2.37. The van der Waals surface area contributed by atoms with Crippen LogP contribution in [0.1, 0.15) is 54.4 Å². The smallest absolute Gasteiger partial charge is 0.191 e. The minimum absolute atomic E-state index is 0.0469. The predicted octanol–water partition coefficient (Wildman–Crippen LogP) is 4.44. The number of aliphatic hydroxyl groups excluding tert-OH is 1. The van der Waals surface area contributed by atoms with Crippen LogP contribution in [0, 0.1) is 11.3 Å². The fraction of sp³-hybridized carbons (Fsp3) is 1.00. The molecule has 18 heavy (non-hydrogen) atoms. The van der Waals surface area contributed by atoms with Gasteiger partial charge in [-0.3, -0.25) is 0 Å². The number of rotatable bonds is 7. The highest BCUT2D eigenvalue weighted by molar-refractivity contribution is 6.74. The van der Waals surface area contributed by atoms with Crippen LogP contribution >= 0.6 is 0 Å². The summed E-state index contributed by atoms with van der Waals surface area (Å²) < 4.78 is 6.23. The van der Waals surface area contributed by atoms with Gasteiger partial charge >= 0.3 is 0 Å². The summed E-state index contributed by atoms with van der Waals surface area (Å²) in [5.41, 5.74) is 0.0469. The van der Waals surface area contributed by atoms with Gasteiger partial charge in [0.05, 0.1) is 0 Å². The van der Waals surface area contributed by atoms with Gasteiger partial charge in [-0.2, -0.15) is 0 Å². The van der Waals surface area contributed by atoms with E-state index in [-0.39, 0.29) is 17.1 Å². The zero-order chi connectivity index (χ0) is 14.6. The Bertz CT molecular complexity index is 241. The van der Waals surface area contributed by atoms with Crippen molar-refractivity contribution in [1.29, 1.82) is 0 Å². The summed E-state index contributed by atoms with van der Waals surface area (Å²) in [6.07, 6.45) is 2.19. The number of hydrogen-bond donors (Lipinski definition) is 1. The van der Waals surface area contributed by atoms with Gasteiger partial charge in [0, 0.05) is 13.2 Å². The van der Waals surface area contributed by atoms with Crippen molar-refractivity contribution in [2.45, 2.75) is 72.5 Å². The van der Waals surface area contributed by atoms with Crippen molar-refractivity contribution < 1.29 is 9.53 Å². The van der Waals surface area contributed by atoms with Crippen LogP contribution in [0.4, 0.5) is 0 Å². The Morgan fingerprint density at radius 1 is 1.11 bits per heavy atom. The molecule has 0 saturated heterocycles. The van der Waals surface area contributed by atoms with Crippen molar-refractivity contribution in [3.8, 4) is 0 Å². The quantitative estimate of drug-likeness (QED) is 0.695. The van der Waals surface area contributed by atoms with Gasteiger partial charge in [0.1, 0.15) is 0 Å². The fourth-order valence-electron chi connectivity index (χ4n) is 1.37. The molecule has 0 rings (SSSR count). The van der Waals surface area contributed by atoms with Crippen LogP contribution in [-0.2, 0) is 4.43 Å². The van der Waals surface area contributed by atoms with Crippen molar-refractivity contribution in [3.63, 3.8) is 0 Å². The lowest BCUT2D eigenvalue weighted by molar-refractivity contribution is 0.134. The topological polar surface area (TPSA) is 29.5 Å². The van der Waals surface area contributed by atoms with E-state index >= 15 is 0 Å². The van der Waals surface area contributed by atoms with Crippen molar-refractivity contribution in [2.75, 3.05) is 13.2 Å². The molecular weight excluding hydrogens is 240 g/mol. The van der Waals surface area contributed by atoms with Crippen LogP contribution in [0.5, 0.6) is 0 Å². The average Bonchev–Trinajstić information content (AvgIpc) is 2.22. The molecule has 0 aromatic heterocycles. The summed E-state index contributed by atoms with van der Waals surface area (Å²) >= 11 is 0. The summed E-state index contributed by atoms with van der Waals surface area (Å²) in [6, 6.07) is 0. The molecule has 0 aromatic rings. The molecule has 0 aliphatic heterocycles. The second kappa shape index (κ2) is 6.53. The largest absolute Gasteiger partial charge is 0.417 e. The van der Waals surface area contributed by atoms with E-state index in [9.17, 15) is 5.11 Å². The van der Waals surface area contributed by atoms with Gasteiger partial charge < -0.3 is 9.53 Å². The molecule has 2 nitrogen and oxygen atoms in total. The van der Waals surface area contributed by atoms with Crippen molar-refractivity contribution in [3.05, 3.63) is 0 Å². The zero-order valence-electron chi connectivity index (χ0n) is 13.8. The standard InChI is InChI=1S/C15H34O2Si/c1-13(9-10-15(5,6)12-16)11-17-18(7,8)14(2,3)4/h13,16H,9-12H2,1-8H3. The lowest BCUT2D eigenvalue weighted by atomic mass is 9.86. The molecule has 3 heteroatoms. The van der Waals surface area contributed by atoms with Crippen LogP contribution in [0.3, 0.4) is 0 Å². The zero-order valence-corrected chi connectivity index (χ0v) is 14.8. The summed E-state index contributed by atoms with van der Waals surface area (Å²) in [5.74, 6) is 0.574. The van der Waals surface area contributed by atoms with Crippen molar-refractivity contribution in [2.24, 2.45) is 11.3 Å². The van der Waals surface area contributed by atoms with Crippen LogP contribution in [0.15, 0.2) is 0 Å². The first-order valence-electron chi connectivity index (χ1n) is 7.16. The van der Waals surface area contributed by atoms with Crippen LogP contribution in [-0.4, -0.2) is 26.6 Å². The Kier molecular flexibility index (Phi) is 6.58. The van der Waals surface area contributed by atoms with E-state index in [0.29, 0.717) is 5.92 Å². The third kappa shape index (κ3) is 6.35. The monoisotopic (exact) mass is 274 g/mol. The fourth-order valence-corrected chi connectivity index (χ4v) is 2.50. The van der Waals surface area contributed by atoms with E-state index in [0.717, 1.165) is 19.4 Å². The average molecular weight is 275 g/mol. The van der Waals surface area contributed by atoms with E-state index in [2.05, 4.69) is 54.6 Å². The second-order valence-corrected chi connectivity index (χ2v) is 12.8. The summed E-state index contributed by atoms with van der Waals surface area (Å²) in [6.45, 7) is 19.1. The highest BCUT2D eigenvalue weighted by Gasteiger charge is 2.37. The molecule has 0 saturated carbocycles. The molecule has 0 aliphatic rings. The maximum atomic E-state index is 9.25. The Hall–Kier alpha value is 0.137. The third-order valence-electron chi connectivity index (χ3n) is 4.28. The first-order chi connectivity index (χ1) is 7.91. The SMILES string of the molecule is CC(CCC(C)(C)CO)CO[Si](C)(C)C(C)(C)C. The van der Waals surface area contributed by atoms with Gasteiger partial charge in [-0.05, 0) is 42.3 Å². The summed E-state index contributed by atoms with van der Waals surface area (Å²) in [7, 11) is -1.60. The molecule has 0 aromatic carbocycles. The molecule has 0 spiro atoms. The first kappa shape index (κ1) is 18.1. The molecule has 1 atom stereocenters.